The first kappa shape index (κ1) is 19.2. The zero-order valence-corrected chi connectivity index (χ0v) is 15.5. The summed E-state index contributed by atoms with van der Waals surface area (Å²) in [7, 11) is 3.61. The Labute approximate surface area is 151 Å². The molecule has 1 heterocycles. The lowest BCUT2D eigenvalue weighted by Crippen LogP contribution is -2.14. The number of aryl methyl sites for hydroxylation is 1. The van der Waals surface area contributed by atoms with E-state index in [-0.39, 0.29) is 11.8 Å². The van der Waals surface area contributed by atoms with Gasteiger partial charge in [-0.25, -0.2) is 4.39 Å². The molecule has 2 N–H and O–H groups in total. The molecule has 5 nitrogen and oxygen atoms in total. The second-order valence-electron chi connectivity index (χ2n) is 5.93. The van der Waals surface area contributed by atoms with Crippen LogP contribution in [0.2, 0.25) is 0 Å². The highest BCUT2D eigenvalue weighted by molar-refractivity contribution is 8.07. The predicted molar refractivity (Wildman–Crippen MR) is 103 cm³/mol. The minimum absolute atomic E-state index is 0.254. The average molecular weight is 362 g/mol. The summed E-state index contributed by atoms with van der Waals surface area (Å²) in [5, 5.41) is 10.3. The number of carbonyl (C=O) groups is 1. The zero-order valence-electron chi connectivity index (χ0n) is 14.7. The lowest BCUT2D eigenvalue weighted by Gasteiger charge is -2.15. The molecule has 1 amide bonds. The molecule has 25 heavy (non-hydrogen) atoms. The van der Waals surface area contributed by atoms with Gasteiger partial charge in [0.1, 0.15) is 5.82 Å². The summed E-state index contributed by atoms with van der Waals surface area (Å²) in [4.78, 5) is 13.5. The first-order valence-corrected chi connectivity index (χ1v) is 8.78. The number of hydrogen-bond acceptors (Lipinski definition) is 4. The molecule has 0 fully saturated rings. The Hall–Kier alpha value is -2.12. The summed E-state index contributed by atoms with van der Waals surface area (Å²) in [5.74, 6) is -0.546. The van der Waals surface area contributed by atoms with Gasteiger partial charge in [-0.15, -0.1) is 0 Å². The average Bonchev–Trinajstić information content (AvgIpc) is 2.93. The summed E-state index contributed by atoms with van der Waals surface area (Å²) in [6.07, 6.45) is 2.53. The number of thioether (sulfide) groups is 1. The normalized spacial score (nSPS) is 12.2. The van der Waals surface area contributed by atoms with Crippen molar-refractivity contribution in [1.29, 1.82) is 0 Å². The number of carbonyl (C=O) groups excluding carboxylic acids is 1. The number of allylic oxidation sites excluding steroid dienone is 1. The van der Waals surface area contributed by atoms with E-state index >= 15 is 0 Å². The molecule has 134 valence electrons. The molecule has 2 aromatic rings. The van der Waals surface area contributed by atoms with Gasteiger partial charge < -0.3 is 10.6 Å². The van der Waals surface area contributed by atoms with Crippen molar-refractivity contribution in [3.8, 4) is 0 Å². The minimum Gasteiger partial charge on any atom is -0.321 e. The maximum Gasteiger partial charge on any atom is 0.261 e. The monoisotopic (exact) mass is 362 g/mol. The highest BCUT2D eigenvalue weighted by Gasteiger charge is 2.15. The van der Waals surface area contributed by atoms with Crippen molar-refractivity contribution >= 4 is 34.3 Å². The third-order valence-electron chi connectivity index (χ3n) is 3.83. The molecule has 1 unspecified atom stereocenters. The van der Waals surface area contributed by atoms with Gasteiger partial charge in [-0.05, 0) is 43.0 Å². The van der Waals surface area contributed by atoms with Crippen LogP contribution >= 0.6 is 11.8 Å². The van der Waals surface area contributed by atoms with Gasteiger partial charge in [-0.2, -0.15) is 5.10 Å². The third kappa shape index (κ3) is 4.93. The van der Waals surface area contributed by atoms with E-state index in [1.165, 1.54) is 22.5 Å². The Morgan fingerprint density at radius 2 is 2.16 bits per heavy atom. The largest absolute Gasteiger partial charge is 0.321 e. The zero-order chi connectivity index (χ0) is 18.6. The number of nitrogens with zero attached hydrogens (tertiary/aromatic N) is 2. The Kier molecular flexibility index (Phi) is 6.39. The lowest BCUT2D eigenvalue weighted by atomic mass is 10.1. The van der Waals surface area contributed by atoms with Crippen molar-refractivity contribution in [2.75, 3.05) is 18.9 Å². The summed E-state index contributed by atoms with van der Waals surface area (Å²) >= 11 is 1.26. The number of halogens is 1. The van der Waals surface area contributed by atoms with Crippen LogP contribution in [0.15, 0.2) is 41.3 Å². The van der Waals surface area contributed by atoms with E-state index in [0.717, 1.165) is 17.9 Å². The standard InChI is InChI=1S/C18H23FN4OS/c1-11(6-7-20-4)12(2)25-13(3)18(24)21-14-8-16(19)15-10-23(5)22-17(15)9-14/h8-11,20H,2-3,6-7H2,1,4-5H3,(H,21,24). The topological polar surface area (TPSA) is 59.0 Å². The van der Waals surface area contributed by atoms with Crippen LogP contribution in [0.25, 0.3) is 10.9 Å². The SMILES string of the molecule is C=C(SC(=C)C(C)CCNC)C(=O)Nc1cc(F)c2cn(C)nc2c1. The van der Waals surface area contributed by atoms with Crippen molar-refractivity contribution in [2.45, 2.75) is 13.3 Å². The Bertz CT molecular complexity index is 815. The fourth-order valence-electron chi connectivity index (χ4n) is 2.30. The summed E-state index contributed by atoms with van der Waals surface area (Å²) in [5.41, 5.74) is 0.838. The molecule has 0 aliphatic rings. The second-order valence-corrected chi connectivity index (χ2v) is 7.15. The molecular weight excluding hydrogens is 339 g/mol. The molecule has 7 heteroatoms. The quantitative estimate of drug-likeness (QED) is 0.704. The number of hydrogen-bond donors (Lipinski definition) is 2. The van der Waals surface area contributed by atoms with Crippen LogP contribution in [-0.4, -0.2) is 29.3 Å². The molecule has 0 spiro atoms. The Balaban J connectivity index is 2.01. The second kappa shape index (κ2) is 8.31. The minimum atomic E-state index is -0.427. The van der Waals surface area contributed by atoms with E-state index in [1.807, 2.05) is 7.05 Å². The molecule has 0 saturated carbocycles. The molecule has 0 bridgehead atoms. The molecule has 0 radical (unpaired) electrons. The van der Waals surface area contributed by atoms with Crippen LogP contribution in [-0.2, 0) is 11.8 Å². The number of nitrogens with one attached hydrogen (secondary N) is 2. The van der Waals surface area contributed by atoms with Gasteiger partial charge in [-0.1, -0.05) is 31.8 Å². The van der Waals surface area contributed by atoms with E-state index in [4.69, 9.17) is 0 Å². The number of benzene rings is 1. The molecule has 1 atom stereocenters. The van der Waals surface area contributed by atoms with Crippen molar-refractivity contribution < 1.29 is 9.18 Å². The molecular formula is C18H23FN4OS. The van der Waals surface area contributed by atoms with E-state index in [1.54, 1.807) is 19.3 Å². The molecule has 0 aliphatic heterocycles. The van der Waals surface area contributed by atoms with Crippen molar-refractivity contribution in [3.05, 3.63) is 47.1 Å². The molecule has 1 aromatic heterocycles. The van der Waals surface area contributed by atoms with Gasteiger partial charge in [0.2, 0.25) is 0 Å². The highest BCUT2D eigenvalue weighted by Crippen LogP contribution is 2.31. The van der Waals surface area contributed by atoms with E-state index < -0.39 is 5.82 Å². The van der Waals surface area contributed by atoms with Crippen LogP contribution in [0.1, 0.15) is 13.3 Å². The molecule has 0 saturated heterocycles. The first-order chi connectivity index (χ1) is 11.8. The number of rotatable bonds is 8. The van der Waals surface area contributed by atoms with Crippen molar-refractivity contribution in [2.24, 2.45) is 13.0 Å². The Morgan fingerprint density at radius 1 is 1.44 bits per heavy atom. The van der Waals surface area contributed by atoms with Crippen molar-refractivity contribution in [1.82, 2.24) is 15.1 Å². The van der Waals surface area contributed by atoms with Gasteiger partial charge in [0.25, 0.3) is 5.91 Å². The summed E-state index contributed by atoms with van der Waals surface area (Å²) < 4.78 is 15.6. The van der Waals surface area contributed by atoms with Crippen LogP contribution < -0.4 is 10.6 Å². The maximum absolute atomic E-state index is 14.1. The summed E-state index contributed by atoms with van der Waals surface area (Å²) in [6.45, 7) is 10.8. The summed E-state index contributed by atoms with van der Waals surface area (Å²) in [6, 6.07) is 2.92. The maximum atomic E-state index is 14.1. The fraction of sp³-hybridized carbons (Fsp3) is 0.333. The molecule has 1 aromatic carbocycles. The van der Waals surface area contributed by atoms with Crippen LogP contribution in [0.4, 0.5) is 10.1 Å². The van der Waals surface area contributed by atoms with E-state index in [0.29, 0.717) is 21.5 Å². The Morgan fingerprint density at radius 3 is 2.84 bits per heavy atom. The number of amides is 1. The lowest BCUT2D eigenvalue weighted by molar-refractivity contribution is -0.112. The van der Waals surface area contributed by atoms with Gasteiger partial charge in [0, 0.05) is 18.9 Å². The van der Waals surface area contributed by atoms with Crippen molar-refractivity contribution in [3.63, 3.8) is 0 Å². The van der Waals surface area contributed by atoms with Crippen LogP contribution in [0, 0.1) is 11.7 Å². The van der Waals surface area contributed by atoms with Gasteiger partial charge >= 0.3 is 0 Å². The first-order valence-electron chi connectivity index (χ1n) is 7.96. The smallest absolute Gasteiger partial charge is 0.261 e. The number of anilines is 1. The molecule has 2 rings (SSSR count). The number of fused-ring (bicyclic) bond motifs is 1. The highest BCUT2D eigenvalue weighted by atomic mass is 32.2. The van der Waals surface area contributed by atoms with E-state index in [9.17, 15) is 9.18 Å². The molecule has 0 aliphatic carbocycles. The fourth-order valence-corrected chi connectivity index (χ4v) is 3.08. The van der Waals surface area contributed by atoms with Gasteiger partial charge in [-0.3, -0.25) is 9.48 Å². The number of aromatic nitrogens is 2. The van der Waals surface area contributed by atoms with Gasteiger partial charge in [0.05, 0.1) is 15.8 Å². The van der Waals surface area contributed by atoms with Crippen LogP contribution in [0.5, 0.6) is 0 Å². The van der Waals surface area contributed by atoms with Crippen LogP contribution in [0.3, 0.4) is 0 Å². The predicted octanol–water partition coefficient (Wildman–Crippen LogP) is 3.66. The van der Waals surface area contributed by atoms with E-state index in [2.05, 4.69) is 35.8 Å². The third-order valence-corrected chi connectivity index (χ3v) is 4.93. The van der Waals surface area contributed by atoms with Gasteiger partial charge in [0.15, 0.2) is 0 Å².